The molecule has 156 valence electrons. The maximum Gasteiger partial charge on any atom is 0.192 e. The van der Waals surface area contributed by atoms with Crippen LogP contribution in [-0.4, -0.2) is 38.8 Å². The summed E-state index contributed by atoms with van der Waals surface area (Å²) in [5.41, 5.74) is 0.569. The van der Waals surface area contributed by atoms with Crippen LogP contribution in [0, 0.1) is 0 Å². The Morgan fingerprint density at radius 3 is 2.50 bits per heavy atom. The van der Waals surface area contributed by atoms with Gasteiger partial charge in [-0.15, -0.1) is 0 Å². The summed E-state index contributed by atoms with van der Waals surface area (Å²) >= 11 is 2.25. The van der Waals surface area contributed by atoms with Gasteiger partial charge in [0.2, 0.25) is 0 Å². The third-order valence-corrected chi connectivity index (χ3v) is 11.2. The van der Waals surface area contributed by atoms with Crippen LogP contribution in [0.5, 0.6) is 0 Å². The van der Waals surface area contributed by atoms with Crippen molar-refractivity contribution in [3.05, 3.63) is 46.1 Å². The van der Waals surface area contributed by atoms with Gasteiger partial charge in [0, 0.05) is 12.0 Å². The van der Waals surface area contributed by atoms with E-state index in [-0.39, 0.29) is 29.6 Å². The SMILES string of the molecule is CC(C)(C)[Si](C)(C)O[C@@H]1CC2O[C@H](c3ccccc3)OC[C@@]2(C)O[C@H]1/C=C/I. The van der Waals surface area contributed by atoms with Crippen LogP contribution in [0.25, 0.3) is 0 Å². The van der Waals surface area contributed by atoms with E-state index in [1.807, 2.05) is 34.4 Å². The van der Waals surface area contributed by atoms with Gasteiger partial charge in [-0.3, -0.25) is 0 Å². The van der Waals surface area contributed by atoms with Crippen LogP contribution in [-0.2, 0) is 18.6 Å². The molecule has 0 N–H and O–H groups in total. The van der Waals surface area contributed by atoms with Crippen LogP contribution in [0.2, 0.25) is 18.1 Å². The molecule has 4 nitrogen and oxygen atoms in total. The van der Waals surface area contributed by atoms with Crippen molar-refractivity contribution < 1.29 is 18.6 Å². The predicted octanol–water partition coefficient (Wildman–Crippen LogP) is 5.99. The van der Waals surface area contributed by atoms with E-state index in [0.717, 1.165) is 12.0 Å². The highest BCUT2D eigenvalue weighted by Crippen LogP contribution is 2.44. The molecule has 2 heterocycles. The summed E-state index contributed by atoms with van der Waals surface area (Å²) in [4.78, 5) is 0. The van der Waals surface area contributed by atoms with Gasteiger partial charge in [0.1, 0.15) is 11.7 Å². The lowest BCUT2D eigenvalue weighted by Gasteiger charge is -2.52. The van der Waals surface area contributed by atoms with Crippen LogP contribution in [0.4, 0.5) is 0 Å². The third-order valence-electron chi connectivity index (χ3n) is 6.29. The fourth-order valence-corrected chi connectivity index (χ4v) is 5.25. The van der Waals surface area contributed by atoms with Gasteiger partial charge in [-0.25, -0.2) is 0 Å². The quantitative estimate of drug-likeness (QED) is 0.364. The van der Waals surface area contributed by atoms with Crippen LogP contribution >= 0.6 is 22.6 Å². The summed E-state index contributed by atoms with van der Waals surface area (Å²) in [7, 11) is -1.93. The molecule has 0 saturated carbocycles. The first kappa shape index (κ1) is 22.4. The second-order valence-corrected chi connectivity index (χ2v) is 15.0. The van der Waals surface area contributed by atoms with E-state index < -0.39 is 13.9 Å². The maximum absolute atomic E-state index is 6.78. The molecule has 1 unspecified atom stereocenters. The molecule has 0 aromatic heterocycles. The summed E-state index contributed by atoms with van der Waals surface area (Å²) in [6.07, 6.45) is 2.38. The van der Waals surface area contributed by atoms with Gasteiger partial charge in [0.15, 0.2) is 14.6 Å². The van der Waals surface area contributed by atoms with Gasteiger partial charge in [0.05, 0.1) is 18.8 Å². The average Bonchev–Trinajstić information content (AvgIpc) is 2.62. The van der Waals surface area contributed by atoms with Gasteiger partial charge in [-0.1, -0.05) is 73.7 Å². The monoisotopic (exact) mass is 516 g/mol. The molecule has 0 bridgehead atoms. The van der Waals surface area contributed by atoms with Crippen molar-refractivity contribution >= 4 is 30.9 Å². The highest BCUT2D eigenvalue weighted by molar-refractivity contribution is 14.1. The fraction of sp³-hybridized carbons (Fsp3) is 0.636. The second-order valence-electron chi connectivity index (χ2n) is 9.54. The van der Waals surface area contributed by atoms with Crippen LogP contribution in [0.15, 0.2) is 40.5 Å². The molecule has 2 aliphatic heterocycles. The maximum atomic E-state index is 6.78. The van der Waals surface area contributed by atoms with Crippen LogP contribution in [0.3, 0.4) is 0 Å². The van der Waals surface area contributed by atoms with Gasteiger partial charge in [-0.05, 0) is 35.2 Å². The normalized spacial score (nSPS) is 34.4. The van der Waals surface area contributed by atoms with Gasteiger partial charge >= 0.3 is 0 Å². The molecule has 5 atom stereocenters. The van der Waals surface area contributed by atoms with Gasteiger partial charge in [-0.2, -0.15) is 0 Å². The zero-order chi connectivity index (χ0) is 20.6. The van der Waals surface area contributed by atoms with Crippen molar-refractivity contribution in [1.29, 1.82) is 0 Å². The Morgan fingerprint density at radius 1 is 1.21 bits per heavy atom. The van der Waals surface area contributed by atoms with E-state index >= 15 is 0 Å². The van der Waals surface area contributed by atoms with E-state index in [4.69, 9.17) is 18.6 Å². The van der Waals surface area contributed by atoms with Gasteiger partial charge < -0.3 is 18.6 Å². The average molecular weight is 516 g/mol. The molecule has 3 rings (SSSR count). The van der Waals surface area contributed by atoms with Crippen molar-refractivity contribution in [2.45, 2.75) is 82.5 Å². The standard InChI is InChI=1S/C22H33IO4Si/c1-21(2,3)28(5,6)27-18-14-19-22(4,26-17(18)12-13-23)15-24-20(25-19)16-10-8-7-9-11-16/h7-13,17-20H,14-15H2,1-6H3/b13-12+/t17-,18+,19?,20+,22+/m0/s1. The highest BCUT2D eigenvalue weighted by Gasteiger charge is 2.52. The van der Waals surface area contributed by atoms with Crippen molar-refractivity contribution in [2.75, 3.05) is 6.61 Å². The number of benzene rings is 1. The Labute approximate surface area is 184 Å². The summed E-state index contributed by atoms with van der Waals surface area (Å²) < 4.78 is 27.8. The molecule has 2 aliphatic rings. The zero-order valence-corrected chi connectivity index (χ0v) is 20.9. The second kappa shape index (κ2) is 8.47. The van der Waals surface area contributed by atoms with Crippen molar-refractivity contribution in [1.82, 2.24) is 0 Å². The number of fused-ring (bicyclic) bond motifs is 1. The minimum Gasteiger partial charge on any atom is -0.411 e. The van der Waals surface area contributed by atoms with E-state index in [9.17, 15) is 0 Å². The Bertz CT molecular complexity index is 688. The molecule has 1 aromatic carbocycles. The minimum absolute atomic E-state index is 0.0143. The Balaban J connectivity index is 1.81. The number of halogens is 1. The summed E-state index contributed by atoms with van der Waals surface area (Å²) in [5.74, 6) is 0. The topological polar surface area (TPSA) is 36.9 Å². The Hall–Kier alpha value is -0.253. The zero-order valence-electron chi connectivity index (χ0n) is 17.8. The largest absolute Gasteiger partial charge is 0.411 e. The molecule has 0 radical (unpaired) electrons. The smallest absolute Gasteiger partial charge is 0.192 e. The van der Waals surface area contributed by atoms with E-state index in [1.165, 1.54) is 0 Å². The van der Waals surface area contributed by atoms with E-state index in [2.05, 4.69) is 69.5 Å². The van der Waals surface area contributed by atoms with Crippen molar-refractivity contribution in [2.24, 2.45) is 0 Å². The molecule has 0 aliphatic carbocycles. The minimum atomic E-state index is -1.93. The molecule has 6 heteroatoms. The van der Waals surface area contributed by atoms with E-state index in [1.54, 1.807) is 0 Å². The lowest BCUT2D eigenvalue weighted by atomic mass is 9.88. The van der Waals surface area contributed by atoms with Crippen LogP contribution < -0.4 is 0 Å². The lowest BCUT2D eigenvalue weighted by molar-refractivity contribution is -0.331. The van der Waals surface area contributed by atoms with E-state index in [0.29, 0.717) is 6.61 Å². The molecule has 1 aromatic rings. The lowest BCUT2D eigenvalue weighted by Crippen LogP contribution is -2.62. The number of rotatable bonds is 4. The molecule has 2 fully saturated rings. The molecule has 2 saturated heterocycles. The highest BCUT2D eigenvalue weighted by atomic mass is 127. The van der Waals surface area contributed by atoms with Crippen LogP contribution in [0.1, 0.15) is 46.0 Å². The number of hydrogen-bond acceptors (Lipinski definition) is 4. The third kappa shape index (κ3) is 4.73. The fourth-order valence-electron chi connectivity index (χ4n) is 3.50. The first-order valence-electron chi connectivity index (χ1n) is 10.0. The Kier molecular flexibility index (Phi) is 6.79. The molecular weight excluding hydrogens is 483 g/mol. The summed E-state index contributed by atoms with van der Waals surface area (Å²) in [6.45, 7) is 14.0. The summed E-state index contributed by atoms with van der Waals surface area (Å²) in [5, 5.41) is 0.148. The number of hydrogen-bond donors (Lipinski definition) is 0. The molecule has 0 amide bonds. The summed E-state index contributed by atoms with van der Waals surface area (Å²) in [6, 6.07) is 10.1. The number of ether oxygens (including phenoxy) is 3. The first-order chi connectivity index (χ1) is 13.1. The van der Waals surface area contributed by atoms with Gasteiger partial charge in [0.25, 0.3) is 0 Å². The predicted molar refractivity (Wildman–Crippen MR) is 123 cm³/mol. The molecular formula is C22H33IO4Si. The molecule has 0 spiro atoms. The first-order valence-corrected chi connectivity index (χ1v) is 14.2. The van der Waals surface area contributed by atoms with Crippen molar-refractivity contribution in [3.63, 3.8) is 0 Å². The molecule has 28 heavy (non-hydrogen) atoms. The van der Waals surface area contributed by atoms with Crippen molar-refractivity contribution in [3.8, 4) is 0 Å². The Morgan fingerprint density at radius 2 is 1.89 bits per heavy atom.